The van der Waals surface area contributed by atoms with Gasteiger partial charge in [-0.05, 0) is 60.6 Å². The molecule has 0 radical (unpaired) electrons. The van der Waals surface area contributed by atoms with Crippen LogP contribution in [0.1, 0.15) is 37.7 Å². The summed E-state index contributed by atoms with van der Waals surface area (Å²) in [5.74, 6) is 1.46. The van der Waals surface area contributed by atoms with E-state index in [2.05, 4.69) is 10.6 Å². The van der Waals surface area contributed by atoms with Gasteiger partial charge in [-0.2, -0.15) is 0 Å². The van der Waals surface area contributed by atoms with Crippen molar-refractivity contribution >= 4 is 23.2 Å². The van der Waals surface area contributed by atoms with Crippen LogP contribution in [0, 0.1) is 5.92 Å². The van der Waals surface area contributed by atoms with E-state index in [1.165, 1.54) is 25.3 Å². The van der Waals surface area contributed by atoms with Crippen molar-refractivity contribution in [2.75, 3.05) is 17.7 Å². The lowest BCUT2D eigenvalue weighted by molar-refractivity contribution is -0.116. The lowest BCUT2D eigenvalue weighted by atomic mass is 9.90. The van der Waals surface area contributed by atoms with E-state index in [0.717, 1.165) is 5.75 Å². The minimum Gasteiger partial charge on any atom is -0.497 e. The molecule has 136 valence electrons. The molecule has 0 saturated heterocycles. The molecule has 2 N–H and O–H groups in total. The number of rotatable bonds is 7. The highest BCUT2D eigenvalue weighted by Gasteiger charge is 2.33. The third-order valence-electron chi connectivity index (χ3n) is 4.61. The molecule has 5 heteroatoms. The standard InChI is InChI=1S/C21H24N2O3/c1-14(24)22-17-4-3-5-18(12-17)23-21(25)13-20(15-6-7-15)16-8-10-19(26-2)11-9-16/h3-5,8-12,15,20H,6-7,13H2,1-2H3,(H,22,24)(H,23,25). The number of carbonyl (C=O) groups is 2. The van der Waals surface area contributed by atoms with Gasteiger partial charge < -0.3 is 15.4 Å². The summed E-state index contributed by atoms with van der Waals surface area (Å²) in [4.78, 5) is 23.7. The first kappa shape index (κ1) is 18.0. The van der Waals surface area contributed by atoms with E-state index in [0.29, 0.717) is 23.7 Å². The van der Waals surface area contributed by atoms with Crippen molar-refractivity contribution in [2.24, 2.45) is 5.92 Å². The zero-order valence-corrected chi connectivity index (χ0v) is 15.1. The largest absolute Gasteiger partial charge is 0.497 e. The normalized spacial score (nSPS) is 14.4. The average molecular weight is 352 g/mol. The van der Waals surface area contributed by atoms with Gasteiger partial charge in [0, 0.05) is 24.7 Å². The van der Waals surface area contributed by atoms with Gasteiger partial charge in [0.2, 0.25) is 11.8 Å². The van der Waals surface area contributed by atoms with Gasteiger partial charge in [0.25, 0.3) is 0 Å². The Morgan fingerprint density at radius 1 is 1.08 bits per heavy atom. The molecule has 3 rings (SSSR count). The maximum Gasteiger partial charge on any atom is 0.224 e. The number of methoxy groups -OCH3 is 1. The predicted octanol–water partition coefficient (Wildman–Crippen LogP) is 4.18. The van der Waals surface area contributed by atoms with E-state index in [9.17, 15) is 9.59 Å². The van der Waals surface area contributed by atoms with E-state index >= 15 is 0 Å². The van der Waals surface area contributed by atoms with Crippen molar-refractivity contribution in [2.45, 2.75) is 32.1 Å². The summed E-state index contributed by atoms with van der Waals surface area (Å²) in [5.41, 5.74) is 2.53. The number of benzene rings is 2. The zero-order chi connectivity index (χ0) is 18.5. The van der Waals surface area contributed by atoms with Crippen molar-refractivity contribution in [1.82, 2.24) is 0 Å². The summed E-state index contributed by atoms with van der Waals surface area (Å²) in [7, 11) is 1.65. The molecule has 0 aliphatic heterocycles. The summed E-state index contributed by atoms with van der Waals surface area (Å²) < 4.78 is 5.21. The number of carbonyl (C=O) groups excluding carboxylic acids is 2. The van der Waals surface area contributed by atoms with Gasteiger partial charge in [-0.3, -0.25) is 9.59 Å². The molecular formula is C21H24N2O3. The topological polar surface area (TPSA) is 67.4 Å². The van der Waals surface area contributed by atoms with Crippen molar-refractivity contribution in [3.05, 3.63) is 54.1 Å². The minimum absolute atomic E-state index is 0.0160. The third-order valence-corrected chi connectivity index (χ3v) is 4.61. The Morgan fingerprint density at radius 3 is 2.31 bits per heavy atom. The number of anilines is 2. The smallest absolute Gasteiger partial charge is 0.224 e. The second-order valence-electron chi connectivity index (χ2n) is 6.73. The molecule has 1 atom stereocenters. The molecule has 2 aromatic carbocycles. The Kier molecular flexibility index (Phi) is 5.56. The number of nitrogens with one attached hydrogen (secondary N) is 2. The van der Waals surface area contributed by atoms with E-state index in [1.807, 2.05) is 36.4 Å². The Bertz CT molecular complexity index is 782. The molecule has 0 heterocycles. The minimum atomic E-state index is -0.137. The highest BCUT2D eigenvalue weighted by atomic mass is 16.5. The predicted molar refractivity (Wildman–Crippen MR) is 102 cm³/mol. The van der Waals surface area contributed by atoms with Gasteiger partial charge in [-0.25, -0.2) is 0 Å². The second kappa shape index (κ2) is 8.04. The van der Waals surface area contributed by atoms with Crippen LogP contribution in [0.25, 0.3) is 0 Å². The maximum absolute atomic E-state index is 12.6. The number of ether oxygens (including phenoxy) is 1. The average Bonchev–Trinajstić information content (AvgIpc) is 3.44. The van der Waals surface area contributed by atoms with E-state index in [4.69, 9.17) is 4.74 Å². The molecule has 0 aromatic heterocycles. The molecule has 2 aromatic rings. The van der Waals surface area contributed by atoms with E-state index < -0.39 is 0 Å². The molecule has 0 bridgehead atoms. The molecule has 0 spiro atoms. The number of hydrogen-bond acceptors (Lipinski definition) is 3. The summed E-state index contributed by atoms with van der Waals surface area (Å²) in [6.07, 6.45) is 2.78. The van der Waals surface area contributed by atoms with Crippen LogP contribution in [-0.4, -0.2) is 18.9 Å². The quantitative estimate of drug-likeness (QED) is 0.786. The Morgan fingerprint density at radius 2 is 1.73 bits per heavy atom. The monoisotopic (exact) mass is 352 g/mol. The SMILES string of the molecule is COc1ccc(C(CC(=O)Nc2cccc(NC(C)=O)c2)C2CC2)cc1. The molecule has 1 saturated carbocycles. The zero-order valence-electron chi connectivity index (χ0n) is 15.1. The third kappa shape index (κ3) is 4.85. The van der Waals surface area contributed by atoms with Crippen LogP contribution in [0.15, 0.2) is 48.5 Å². The molecule has 1 unspecified atom stereocenters. The van der Waals surface area contributed by atoms with Gasteiger partial charge >= 0.3 is 0 Å². The van der Waals surface area contributed by atoms with Crippen molar-refractivity contribution in [3.63, 3.8) is 0 Å². The van der Waals surface area contributed by atoms with Crippen molar-refractivity contribution < 1.29 is 14.3 Å². The maximum atomic E-state index is 12.6. The first-order valence-corrected chi connectivity index (χ1v) is 8.86. The van der Waals surface area contributed by atoms with Crippen LogP contribution in [0.4, 0.5) is 11.4 Å². The molecular weight excluding hydrogens is 328 g/mol. The number of hydrogen-bond donors (Lipinski definition) is 2. The molecule has 1 aliphatic rings. The molecule has 2 amide bonds. The second-order valence-corrected chi connectivity index (χ2v) is 6.73. The summed E-state index contributed by atoms with van der Waals surface area (Å²) in [5, 5.41) is 5.67. The molecule has 26 heavy (non-hydrogen) atoms. The van der Waals surface area contributed by atoms with Crippen LogP contribution < -0.4 is 15.4 Å². The van der Waals surface area contributed by atoms with E-state index in [-0.39, 0.29) is 17.7 Å². The van der Waals surface area contributed by atoms with Crippen LogP contribution in [0.2, 0.25) is 0 Å². The van der Waals surface area contributed by atoms with Crippen LogP contribution in [-0.2, 0) is 9.59 Å². The fraction of sp³-hybridized carbons (Fsp3) is 0.333. The van der Waals surface area contributed by atoms with Crippen LogP contribution in [0.3, 0.4) is 0 Å². The van der Waals surface area contributed by atoms with E-state index in [1.54, 1.807) is 19.2 Å². The van der Waals surface area contributed by atoms with Gasteiger partial charge in [0.1, 0.15) is 5.75 Å². The Balaban J connectivity index is 1.66. The Hall–Kier alpha value is -2.82. The fourth-order valence-electron chi connectivity index (χ4n) is 3.20. The fourth-order valence-corrected chi connectivity index (χ4v) is 3.20. The lowest BCUT2D eigenvalue weighted by Gasteiger charge is -2.17. The summed E-state index contributed by atoms with van der Waals surface area (Å²) >= 11 is 0. The highest BCUT2D eigenvalue weighted by Crippen LogP contribution is 2.44. The van der Waals surface area contributed by atoms with Crippen molar-refractivity contribution in [3.8, 4) is 5.75 Å². The summed E-state index contributed by atoms with van der Waals surface area (Å²) in [6, 6.07) is 15.2. The Labute approximate surface area is 153 Å². The first-order valence-electron chi connectivity index (χ1n) is 8.86. The van der Waals surface area contributed by atoms with Crippen molar-refractivity contribution in [1.29, 1.82) is 0 Å². The lowest BCUT2D eigenvalue weighted by Crippen LogP contribution is -2.17. The van der Waals surface area contributed by atoms with Gasteiger partial charge in [-0.1, -0.05) is 18.2 Å². The highest BCUT2D eigenvalue weighted by molar-refractivity contribution is 5.93. The van der Waals surface area contributed by atoms with Crippen LogP contribution in [0.5, 0.6) is 5.75 Å². The molecule has 1 fully saturated rings. The first-order chi connectivity index (χ1) is 12.5. The van der Waals surface area contributed by atoms with Crippen LogP contribution >= 0.6 is 0 Å². The number of amides is 2. The van der Waals surface area contributed by atoms with Gasteiger partial charge in [0.05, 0.1) is 7.11 Å². The van der Waals surface area contributed by atoms with Gasteiger partial charge in [-0.15, -0.1) is 0 Å². The molecule has 5 nitrogen and oxygen atoms in total. The summed E-state index contributed by atoms with van der Waals surface area (Å²) in [6.45, 7) is 1.46. The van der Waals surface area contributed by atoms with Gasteiger partial charge in [0.15, 0.2) is 0 Å². The molecule has 1 aliphatic carbocycles.